The summed E-state index contributed by atoms with van der Waals surface area (Å²) >= 11 is 0. The summed E-state index contributed by atoms with van der Waals surface area (Å²) in [5.74, 6) is -1.02. The zero-order chi connectivity index (χ0) is 15.2. The molecule has 1 rings (SSSR count). The number of hydrogen-bond donors (Lipinski definition) is 2. The van der Waals surface area contributed by atoms with E-state index in [9.17, 15) is 9.59 Å². The second-order valence-corrected chi connectivity index (χ2v) is 5.64. The molecule has 0 saturated carbocycles. The van der Waals surface area contributed by atoms with E-state index in [0.29, 0.717) is 12.8 Å². The summed E-state index contributed by atoms with van der Waals surface area (Å²) in [6.45, 7) is 5.45. The van der Waals surface area contributed by atoms with Crippen LogP contribution in [-0.2, 0) is 22.4 Å². The van der Waals surface area contributed by atoms with Gasteiger partial charge in [0.05, 0.1) is 5.41 Å². The smallest absolute Gasteiger partial charge is 0.310 e. The van der Waals surface area contributed by atoms with Crippen molar-refractivity contribution in [1.29, 1.82) is 0 Å². The van der Waals surface area contributed by atoms with Crippen LogP contribution in [-0.4, -0.2) is 23.5 Å². The maximum Gasteiger partial charge on any atom is 0.310 e. The Morgan fingerprint density at radius 2 is 1.70 bits per heavy atom. The van der Waals surface area contributed by atoms with Crippen molar-refractivity contribution in [2.24, 2.45) is 5.41 Å². The van der Waals surface area contributed by atoms with Crippen LogP contribution in [0.2, 0.25) is 0 Å². The first-order valence-corrected chi connectivity index (χ1v) is 6.93. The summed E-state index contributed by atoms with van der Waals surface area (Å²) < 4.78 is 0. The number of nitrogens with one attached hydrogen (secondary N) is 1. The first kappa shape index (κ1) is 16.2. The summed E-state index contributed by atoms with van der Waals surface area (Å²) in [7, 11) is 0. The molecule has 4 heteroatoms. The lowest BCUT2D eigenvalue weighted by molar-refractivity contribution is -0.146. The highest BCUT2D eigenvalue weighted by atomic mass is 16.4. The van der Waals surface area contributed by atoms with Crippen LogP contribution in [0.1, 0.15) is 38.3 Å². The Morgan fingerprint density at radius 1 is 1.15 bits per heavy atom. The lowest BCUT2D eigenvalue weighted by Crippen LogP contribution is -2.38. The van der Waals surface area contributed by atoms with E-state index in [4.69, 9.17) is 5.11 Å². The molecule has 4 nitrogen and oxygen atoms in total. The van der Waals surface area contributed by atoms with Crippen molar-refractivity contribution in [3.8, 4) is 0 Å². The molecule has 0 aromatic heterocycles. The zero-order valence-corrected chi connectivity index (χ0v) is 12.4. The monoisotopic (exact) mass is 277 g/mol. The van der Waals surface area contributed by atoms with E-state index in [0.717, 1.165) is 12.0 Å². The van der Waals surface area contributed by atoms with Crippen molar-refractivity contribution in [3.05, 3.63) is 35.4 Å². The molecule has 0 saturated heterocycles. The lowest BCUT2D eigenvalue weighted by Gasteiger charge is -2.19. The molecule has 0 radical (unpaired) electrons. The van der Waals surface area contributed by atoms with Gasteiger partial charge in [-0.1, -0.05) is 31.2 Å². The summed E-state index contributed by atoms with van der Waals surface area (Å²) in [5.41, 5.74) is 1.47. The number of benzene rings is 1. The number of aliphatic carboxylic acids is 1. The summed E-state index contributed by atoms with van der Waals surface area (Å²) in [4.78, 5) is 22.6. The van der Waals surface area contributed by atoms with Gasteiger partial charge in [0, 0.05) is 13.0 Å². The largest absolute Gasteiger partial charge is 0.481 e. The molecule has 110 valence electrons. The molecule has 0 unspecified atom stereocenters. The number of amides is 1. The highest BCUT2D eigenvalue weighted by Crippen LogP contribution is 2.13. The highest BCUT2D eigenvalue weighted by Gasteiger charge is 2.27. The Morgan fingerprint density at radius 3 is 2.20 bits per heavy atom. The van der Waals surface area contributed by atoms with Crippen LogP contribution >= 0.6 is 0 Å². The van der Waals surface area contributed by atoms with Gasteiger partial charge in [-0.2, -0.15) is 0 Å². The van der Waals surface area contributed by atoms with Gasteiger partial charge in [0.25, 0.3) is 0 Å². The maximum atomic E-state index is 11.7. The van der Waals surface area contributed by atoms with Crippen molar-refractivity contribution in [3.63, 3.8) is 0 Å². The van der Waals surface area contributed by atoms with Crippen molar-refractivity contribution in [2.45, 2.75) is 40.0 Å². The van der Waals surface area contributed by atoms with Gasteiger partial charge in [0.2, 0.25) is 5.91 Å². The van der Waals surface area contributed by atoms with Crippen LogP contribution in [0.4, 0.5) is 0 Å². The minimum Gasteiger partial charge on any atom is -0.481 e. The van der Waals surface area contributed by atoms with Crippen molar-refractivity contribution >= 4 is 11.9 Å². The van der Waals surface area contributed by atoms with Crippen LogP contribution in [0.5, 0.6) is 0 Å². The van der Waals surface area contributed by atoms with Crippen molar-refractivity contribution in [1.82, 2.24) is 5.32 Å². The average Bonchev–Trinajstić information content (AvgIpc) is 2.43. The molecule has 0 fully saturated rings. The predicted octanol–water partition coefficient (Wildman–Crippen LogP) is 2.41. The number of carbonyl (C=O) groups is 2. The Bertz CT molecular complexity index is 463. The van der Waals surface area contributed by atoms with E-state index in [-0.39, 0.29) is 12.5 Å². The number of carboxylic acids is 1. The fraction of sp³-hybridized carbons (Fsp3) is 0.500. The normalized spacial score (nSPS) is 11.2. The molecule has 0 bridgehead atoms. The Labute approximate surface area is 120 Å². The molecular formula is C16H23NO3. The van der Waals surface area contributed by atoms with Gasteiger partial charge in [-0.05, 0) is 37.8 Å². The van der Waals surface area contributed by atoms with Crippen LogP contribution in [0.15, 0.2) is 24.3 Å². The lowest BCUT2D eigenvalue weighted by atomic mass is 9.94. The molecule has 0 heterocycles. The molecule has 20 heavy (non-hydrogen) atoms. The molecule has 2 N–H and O–H groups in total. The van der Waals surface area contributed by atoms with Gasteiger partial charge in [-0.15, -0.1) is 0 Å². The minimum absolute atomic E-state index is 0.112. The standard InChI is InChI=1S/C16H23NO3/c1-4-12-5-7-13(8-6-12)9-10-14(18)17-11-16(2,3)15(19)20/h5-8H,4,9-11H2,1-3H3,(H,17,18)(H,19,20). The van der Waals surface area contributed by atoms with E-state index in [1.807, 2.05) is 12.1 Å². The van der Waals surface area contributed by atoms with Crippen molar-refractivity contribution < 1.29 is 14.7 Å². The van der Waals surface area contributed by atoms with Gasteiger partial charge >= 0.3 is 5.97 Å². The van der Waals surface area contributed by atoms with Crippen LogP contribution in [0, 0.1) is 5.41 Å². The van der Waals surface area contributed by atoms with Gasteiger partial charge in [-0.25, -0.2) is 0 Å². The van der Waals surface area contributed by atoms with Crippen LogP contribution in [0.25, 0.3) is 0 Å². The molecule has 0 spiro atoms. The number of rotatable bonds is 7. The molecule has 1 aromatic carbocycles. The summed E-state index contributed by atoms with van der Waals surface area (Å²) in [6, 6.07) is 8.21. The third-order valence-electron chi connectivity index (χ3n) is 3.38. The topological polar surface area (TPSA) is 66.4 Å². The van der Waals surface area contributed by atoms with Crippen LogP contribution in [0.3, 0.4) is 0 Å². The van der Waals surface area contributed by atoms with E-state index in [2.05, 4.69) is 24.4 Å². The van der Waals surface area contributed by atoms with E-state index in [1.54, 1.807) is 13.8 Å². The van der Waals surface area contributed by atoms with E-state index < -0.39 is 11.4 Å². The van der Waals surface area contributed by atoms with E-state index in [1.165, 1.54) is 5.56 Å². The van der Waals surface area contributed by atoms with Gasteiger partial charge in [-0.3, -0.25) is 9.59 Å². The molecule has 1 aromatic rings. The van der Waals surface area contributed by atoms with E-state index >= 15 is 0 Å². The number of carbonyl (C=O) groups excluding carboxylic acids is 1. The summed E-state index contributed by atoms with van der Waals surface area (Å²) in [6.07, 6.45) is 2.05. The zero-order valence-electron chi connectivity index (χ0n) is 12.4. The highest BCUT2D eigenvalue weighted by molar-refractivity contribution is 5.78. The molecule has 1 amide bonds. The fourth-order valence-electron chi connectivity index (χ4n) is 1.68. The molecule has 0 atom stereocenters. The van der Waals surface area contributed by atoms with Gasteiger partial charge in [0.1, 0.15) is 0 Å². The summed E-state index contributed by atoms with van der Waals surface area (Å²) in [5, 5.41) is 11.6. The molecule has 0 aliphatic carbocycles. The Balaban J connectivity index is 2.38. The molecule has 0 aliphatic heterocycles. The average molecular weight is 277 g/mol. The number of hydrogen-bond acceptors (Lipinski definition) is 2. The second kappa shape index (κ2) is 7.08. The Kier molecular flexibility index (Phi) is 5.74. The number of aryl methyl sites for hydroxylation is 2. The van der Waals surface area contributed by atoms with Gasteiger partial charge in [0.15, 0.2) is 0 Å². The first-order chi connectivity index (χ1) is 9.35. The Hall–Kier alpha value is -1.84. The third kappa shape index (κ3) is 5.03. The van der Waals surface area contributed by atoms with Crippen molar-refractivity contribution in [2.75, 3.05) is 6.54 Å². The SMILES string of the molecule is CCc1ccc(CCC(=O)NCC(C)(C)C(=O)O)cc1. The second-order valence-electron chi connectivity index (χ2n) is 5.64. The van der Waals surface area contributed by atoms with Gasteiger partial charge < -0.3 is 10.4 Å². The molecular weight excluding hydrogens is 254 g/mol. The molecule has 0 aliphatic rings. The quantitative estimate of drug-likeness (QED) is 0.804. The predicted molar refractivity (Wildman–Crippen MR) is 78.6 cm³/mol. The minimum atomic E-state index is -0.932. The number of carboxylic acid groups (broad SMARTS) is 1. The first-order valence-electron chi connectivity index (χ1n) is 6.93. The third-order valence-corrected chi connectivity index (χ3v) is 3.38. The van der Waals surface area contributed by atoms with Crippen LogP contribution < -0.4 is 5.32 Å². The fourth-order valence-corrected chi connectivity index (χ4v) is 1.68. The maximum absolute atomic E-state index is 11.7.